The van der Waals surface area contributed by atoms with Crippen molar-refractivity contribution in [2.45, 2.75) is 30.6 Å². The Morgan fingerprint density at radius 3 is 3.11 bits per heavy atom. The number of benzene rings is 1. The number of hydrogen-bond donors (Lipinski definition) is 2. The van der Waals surface area contributed by atoms with E-state index in [1.807, 2.05) is 25.1 Å². The molecule has 1 heterocycles. The second kappa shape index (κ2) is 6.96. The first-order valence-corrected chi connectivity index (χ1v) is 7.81. The normalized spacial score (nSPS) is 18.9. The van der Waals surface area contributed by atoms with Crippen LogP contribution in [-0.2, 0) is 4.79 Å². The highest BCUT2D eigenvalue weighted by molar-refractivity contribution is 7.99. The Bertz CT molecular complexity index is 436. The van der Waals surface area contributed by atoms with Crippen LogP contribution >= 0.6 is 11.8 Å². The number of hydrogen-bond acceptors (Lipinski definition) is 3. The number of rotatable bonds is 6. The second-order valence-corrected chi connectivity index (χ2v) is 6.18. The molecule has 0 saturated carbocycles. The van der Waals surface area contributed by atoms with E-state index in [4.69, 9.17) is 5.11 Å². The molecule has 19 heavy (non-hydrogen) atoms. The summed E-state index contributed by atoms with van der Waals surface area (Å²) >= 11 is 1.76. The average Bonchev–Trinajstić information content (AvgIpc) is 2.87. The molecule has 3 nitrogen and oxygen atoms in total. The van der Waals surface area contributed by atoms with Crippen LogP contribution in [0.2, 0.25) is 0 Å². The molecule has 1 aliphatic heterocycles. The van der Waals surface area contributed by atoms with Crippen molar-refractivity contribution in [2.75, 3.05) is 18.9 Å². The van der Waals surface area contributed by atoms with E-state index in [0.29, 0.717) is 12.5 Å². The number of carbonyl (C=O) groups excluding carboxylic acids is 1. The molecule has 4 heteroatoms. The van der Waals surface area contributed by atoms with Gasteiger partial charge in [-0.25, -0.2) is 0 Å². The molecular weight excluding hydrogens is 258 g/mol. The number of thioether (sulfide) groups is 1. The van der Waals surface area contributed by atoms with Gasteiger partial charge in [0.05, 0.1) is 5.92 Å². The Balaban J connectivity index is 1.79. The molecule has 1 aromatic rings. The van der Waals surface area contributed by atoms with Crippen molar-refractivity contribution < 1.29 is 9.90 Å². The minimum atomic E-state index is -0.00327. The van der Waals surface area contributed by atoms with E-state index in [1.54, 1.807) is 11.8 Å². The Morgan fingerprint density at radius 2 is 2.32 bits per heavy atom. The highest BCUT2D eigenvalue weighted by Crippen LogP contribution is 2.39. The third kappa shape index (κ3) is 3.74. The van der Waals surface area contributed by atoms with Gasteiger partial charge >= 0.3 is 0 Å². The lowest BCUT2D eigenvalue weighted by molar-refractivity contribution is -0.122. The molecule has 2 rings (SSSR count). The van der Waals surface area contributed by atoms with Gasteiger partial charge < -0.3 is 10.4 Å². The standard InChI is InChI=1S/C15H21NO2S/c1-11(9-17)5-4-8-16-15(18)13-10-19-14-7-3-2-6-12(13)14/h2-3,6-7,11,13,17H,4-5,8-10H2,1H3,(H,16,18). The fraction of sp³-hybridized carbons (Fsp3) is 0.533. The van der Waals surface area contributed by atoms with E-state index in [2.05, 4.69) is 11.4 Å². The van der Waals surface area contributed by atoms with Gasteiger partial charge in [-0.1, -0.05) is 25.1 Å². The van der Waals surface area contributed by atoms with Crippen molar-refractivity contribution >= 4 is 17.7 Å². The van der Waals surface area contributed by atoms with Crippen LogP contribution in [0.25, 0.3) is 0 Å². The monoisotopic (exact) mass is 279 g/mol. The molecule has 0 bridgehead atoms. The summed E-state index contributed by atoms with van der Waals surface area (Å²) in [5.74, 6) is 1.29. The first-order chi connectivity index (χ1) is 9.22. The highest BCUT2D eigenvalue weighted by Gasteiger charge is 2.28. The molecule has 1 aliphatic rings. The molecule has 2 atom stereocenters. The molecular formula is C15H21NO2S. The summed E-state index contributed by atoms with van der Waals surface area (Å²) in [7, 11) is 0. The van der Waals surface area contributed by atoms with Gasteiger partial charge in [-0.15, -0.1) is 11.8 Å². The van der Waals surface area contributed by atoms with E-state index in [9.17, 15) is 4.79 Å². The van der Waals surface area contributed by atoms with Crippen LogP contribution in [0, 0.1) is 5.92 Å². The molecule has 2 unspecified atom stereocenters. The summed E-state index contributed by atoms with van der Waals surface area (Å²) in [6.07, 6.45) is 1.88. The zero-order valence-electron chi connectivity index (χ0n) is 11.3. The third-order valence-corrected chi connectivity index (χ3v) is 4.68. The molecule has 0 saturated heterocycles. The predicted molar refractivity (Wildman–Crippen MR) is 78.4 cm³/mol. The van der Waals surface area contributed by atoms with Crippen molar-refractivity contribution in [2.24, 2.45) is 5.92 Å². The van der Waals surface area contributed by atoms with Gasteiger partial charge in [0.25, 0.3) is 0 Å². The van der Waals surface area contributed by atoms with E-state index in [0.717, 1.165) is 24.2 Å². The Hall–Kier alpha value is -1.00. The molecule has 104 valence electrons. The van der Waals surface area contributed by atoms with Crippen LogP contribution in [0.5, 0.6) is 0 Å². The van der Waals surface area contributed by atoms with Crippen LogP contribution in [0.4, 0.5) is 0 Å². The first kappa shape index (κ1) is 14.4. The van der Waals surface area contributed by atoms with E-state index >= 15 is 0 Å². The van der Waals surface area contributed by atoms with Gasteiger partial charge in [0, 0.05) is 23.8 Å². The SMILES string of the molecule is CC(CO)CCCNC(=O)C1CSc2ccccc21. The van der Waals surface area contributed by atoms with Crippen LogP contribution in [0.15, 0.2) is 29.2 Å². The van der Waals surface area contributed by atoms with Gasteiger partial charge in [0.15, 0.2) is 0 Å². The maximum absolute atomic E-state index is 12.1. The molecule has 0 aliphatic carbocycles. The number of nitrogens with one attached hydrogen (secondary N) is 1. The second-order valence-electron chi connectivity index (χ2n) is 5.12. The summed E-state index contributed by atoms with van der Waals surface area (Å²) in [6, 6.07) is 8.14. The topological polar surface area (TPSA) is 49.3 Å². The summed E-state index contributed by atoms with van der Waals surface area (Å²) in [5, 5.41) is 11.9. The lowest BCUT2D eigenvalue weighted by Crippen LogP contribution is -2.30. The molecule has 2 N–H and O–H groups in total. The van der Waals surface area contributed by atoms with Gasteiger partial charge in [-0.3, -0.25) is 4.79 Å². The number of aliphatic hydroxyl groups is 1. The van der Waals surface area contributed by atoms with Crippen LogP contribution in [0.3, 0.4) is 0 Å². The van der Waals surface area contributed by atoms with E-state index < -0.39 is 0 Å². The van der Waals surface area contributed by atoms with Crippen molar-refractivity contribution in [3.8, 4) is 0 Å². The zero-order valence-corrected chi connectivity index (χ0v) is 12.1. The maximum Gasteiger partial charge on any atom is 0.228 e. The maximum atomic E-state index is 12.1. The van der Waals surface area contributed by atoms with Gasteiger partial charge in [-0.05, 0) is 30.4 Å². The first-order valence-electron chi connectivity index (χ1n) is 6.82. The van der Waals surface area contributed by atoms with E-state index in [-0.39, 0.29) is 18.4 Å². The fourth-order valence-corrected chi connectivity index (χ4v) is 3.49. The number of amides is 1. The minimum absolute atomic E-state index is 0.00327. The highest BCUT2D eigenvalue weighted by atomic mass is 32.2. The third-order valence-electron chi connectivity index (χ3n) is 3.50. The smallest absolute Gasteiger partial charge is 0.228 e. The Kier molecular flexibility index (Phi) is 5.28. The zero-order chi connectivity index (χ0) is 13.7. The lowest BCUT2D eigenvalue weighted by Gasteiger charge is -2.12. The molecule has 1 amide bonds. The summed E-state index contributed by atoms with van der Waals surface area (Å²) < 4.78 is 0. The Labute approximate surface area is 118 Å². The Morgan fingerprint density at radius 1 is 1.53 bits per heavy atom. The molecule has 0 spiro atoms. The summed E-state index contributed by atoms with van der Waals surface area (Å²) in [5.41, 5.74) is 1.16. The van der Waals surface area contributed by atoms with Crippen molar-refractivity contribution in [1.82, 2.24) is 5.32 Å². The molecule has 0 radical (unpaired) electrons. The number of aliphatic hydroxyl groups excluding tert-OH is 1. The van der Waals surface area contributed by atoms with E-state index in [1.165, 1.54) is 4.90 Å². The van der Waals surface area contributed by atoms with Crippen molar-refractivity contribution in [1.29, 1.82) is 0 Å². The van der Waals surface area contributed by atoms with Crippen LogP contribution < -0.4 is 5.32 Å². The molecule has 0 fully saturated rings. The number of fused-ring (bicyclic) bond motifs is 1. The largest absolute Gasteiger partial charge is 0.396 e. The quantitative estimate of drug-likeness (QED) is 0.786. The van der Waals surface area contributed by atoms with Gasteiger partial charge in [0.2, 0.25) is 5.91 Å². The fourth-order valence-electron chi connectivity index (χ4n) is 2.26. The average molecular weight is 279 g/mol. The molecule has 1 aromatic carbocycles. The predicted octanol–water partition coefficient (Wildman–Crippen LogP) is 2.40. The minimum Gasteiger partial charge on any atom is -0.396 e. The summed E-state index contributed by atoms with van der Waals surface area (Å²) in [4.78, 5) is 13.4. The van der Waals surface area contributed by atoms with Crippen molar-refractivity contribution in [3.63, 3.8) is 0 Å². The molecule has 0 aromatic heterocycles. The van der Waals surface area contributed by atoms with Crippen LogP contribution in [0.1, 0.15) is 31.2 Å². The van der Waals surface area contributed by atoms with Gasteiger partial charge in [-0.2, -0.15) is 0 Å². The lowest BCUT2D eigenvalue weighted by atomic mass is 10.0. The van der Waals surface area contributed by atoms with Gasteiger partial charge in [0.1, 0.15) is 0 Å². The van der Waals surface area contributed by atoms with Crippen molar-refractivity contribution in [3.05, 3.63) is 29.8 Å². The van der Waals surface area contributed by atoms with Crippen LogP contribution in [-0.4, -0.2) is 29.9 Å². The summed E-state index contributed by atoms with van der Waals surface area (Å²) in [6.45, 7) is 2.94. The number of carbonyl (C=O) groups is 1.